The van der Waals surface area contributed by atoms with Gasteiger partial charge < -0.3 is 9.77 Å². The fraction of sp³-hybridized carbons (Fsp3) is 0.269. The third-order valence-electron chi connectivity index (χ3n) is 6.25. The average Bonchev–Trinajstić information content (AvgIpc) is 3.19. The van der Waals surface area contributed by atoms with Crippen molar-refractivity contribution in [2.24, 2.45) is 5.16 Å². The maximum absolute atomic E-state index is 11.5. The molecule has 1 N–H and O–H groups in total. The second-order valence-electron chi connectivity index (χ2n) is 8.51. The molecule has 0 saturated carbocycles. The van der Waals surface area contributed by atoms with Gasteiger partial charge in [-0.25, -0.2) is 0 Å². The summed E-state index contributed by atoms with van der Waals surface area (Å²) in [5.41, 5.74) is 3.50. The molecule has 1 heterocycles. The first-order valence-electron chi connectivity index (χ1n) is 11.6. The average molecular weight is 475 g/mol. The molecule has 0 unspecified atom stereocenters. The van der Waals surface area contributed by atoms with Crippen LogP contribution in [0, 0.1) is 20.2 Å². The molecule has 0 aliphatic rings. The Morgan fingerprint density at radius 1 is 0.829 bits per heavy atom. The molecule has 0 saturated heterocycles. The Balaban J connectivity index is 1.83. The van der Waals surface area contributed by atoms with Crippen LogP contribution >= 0.6 is 0 Å². The van der Waals surface area contributed by atoms with Crippen LogP contribution in [-0.2, 0) is 0 Å². The highest BCUT2D eigenvalue weighted by Crippen LogP contribution is 2.35. The largest absolute Gasteiger partial charge is 0.411 e. The Hall–Kier alpha value is -4.27. The van der Waals surface area contributed by atoms with E-state index in [0.29, 0.717) is 23.2 Å². The first kappa shape index (κ1) is 23.9. The molecule has 0 spiro atoms. The monoisotopic (exact) mass is 474 g/mol. The van der Waals surface area contributed by atoms with E-state index in [1.165, 1.54) is 30.7 Å². The van der Waals surface area contributed by atoms with Crippen molar-refractivity contribution in [2.45, 2.75) is 45.4 Å². The predicted molar refractivity (Wildman–Crippen MR) is 136 cm³/mol. The van der Waals surface area contributed by atoms with Gasteiger partial charge in [-0.15, -0.1) is 0 Å². The number of hydrogen-bond acceptors (Lipinski definition) is 6. The lowest BCUT2D eigenvalue weighted by Gasteiger charge is -2.09. The summed E-state index contributed by atoms with van der Waals surface area (Å²) in [6.45, 7) is 2.16. The molecule has 9 nitrogen and oxygen atoms in total. The summed E-state index contributed by atoms with van der Waals surface area (Å²) in [5, 5.41) is 37.2. The minimum absolute atomic E-state index is 0.0184. The second-order valence-corrected chi connectivity index (χ2v) is 8.51. The summed E-state index contributed by atoms with van der Waals surface area (Å²) in [7, 11) is 0. The van der Waals surface area contributed by atoms with Crippen molar-refractivity contribution in [3.8, 4) is 5.69 Å². The van der Waals surface area contributed by atoms with Crippen molar-refractivity contribution in [3.63, 3.8) is 0 Å². The molecule has 1 aromatic heterocycles. The number of aromatic nitrogens is 1. The van der Waals surface area contributed by atoms with Gasteiger partial charge in [0.2, 0.25) is 0 Å². The number of unbranched alkanes of at least 4 members (excludes halogenated alkanes) is 4. The summed E-state index contributed by atoms with van der Waals surface area (Å²) in [6.07, 6.45) is 6.07. The number of fused-ring (bicyclic) bond motifs is 3. The molecule has 0 aliphatic heterocycles. The van der Waals surface area contributed by atoms with Crippen molar-refractivity contribution in [1.82, 2.24) is 4.57 Å². The van der Waals surface area contributed by atoms with E-state index in [4.69, 9.17) is 0 Å². The van der Waals surface area contributed by atoms with E-state index in [1.54, 1.807) is 18.2 Å². The first-order chi connectivity index (χ1) is 16.9. The Morgan fingerprint density at radius 2 is 1.43 bits per heavy atom. The lowest BCUT2D eigenvalue weighted by molar-refractivity contribution is -0.385. The topological polar surface area (TPSA) is 124 Å². The molecular weight excluding hydrogens is 448 g/mol. The number of hydrogen-bond donors (Lipinski definition) is 1. The summed E-state index contributed by atoms with van der Waals surface area (Å²) < 4.78 is 1.92. The molecule has 0 aliphatic carbocycles. The molecular formula is C26H26N4O5. The number of oxime groups is 1. The standard InChI is InChI=1S/C26H26N4O5/c1-2-3-4-5-6-7-24(27-31)18-8-14-25-22(16-18)23-17-21(30(34)35)13-15-26(23)28(25)19-9-11-20(12-10-19)29(32)33/h8-17,31H,2-7H2,1H3. The highest BCUT2D eigenvalue weighted by molar-refractivity contribution is 6.13. The van der Waals surface area contributed by atoms with Crippen LogP contribution in [-0.4, -0.2) is 25.3 Å². The van der Waals surface area contributed by atoms with Gasteiger partial charge in [0, 0.05) is 46.3 Å². The van der Waals surface area contributed by atoms with Gasteiger partial charge in [0.25, 0.3) is 11.4 Å². The van der Waals surface area contributed by atoms with Crippen LogP contribution in [0.3, 0.4) is 0 Å². The van der Waals surface area contributed by atoms with Crippen LogP contribution in [0.4, 0.5) is 11.4 Å². The van der Waals surface area contributed by atoms with Gasteiger partial charge in [-0.1, -0.05) is 43.8 Å². The molecule has 180 valence electrons. The third kappa shape index (κ3) is 4.84. The summed E-state index contributed by atoms with van der Waals surface area (Å²) in [6, 6.07) is 16.5. The van der Waals surface area contributed by atoms with Gasteiger partial charge in [0.15, 0.2) is 0 Å². The van der Waals surface area contributed by atoms with Crippen LogP contribution in [0.25, 0.3) is 27.5 Å². The second kappa shape index (κ2) is 10.3. The van der Waals surface area contributed by atoms with E-state index in [2.05, 4.69) is 12.1 Å². The fourth-order valence-corrected chi connectivity index (χ4v) is 4.45. The molecule has 0 amide bonds. The third-order valence-corrected chi connectivity index (χ3v) is 6.25. The fourth-order valence-electron chi connectivity index (χ4n) is 4.45. The highest BCUT2D eigenvalue weighted by Gasteiger charge is 2.18. The molecule has 3 aromatic carbocycles. The zero-order valence-electron chi connectivity index (χ0n) is 19.4. The predicted octanol–water partition coefficient (Wildman–Crippen LogP) is 7.14. The molecule has 0 radical (unpaired) electrons. The maximum atomic E-state index is 11.5. The van der Waals surface area contributed by atoms with E-state index in [0.717, 1.165) is 47.7 Å². The number of rotatable bonds is 10. The van der Waals surface area contributed by atoms with Crippen molar-refractivity contribution in [3.05, 3.63) is 86.5 Å². The number of non-ortho nitro benzene ring substituents is 2. The van der Waals surface area contributed by atoms with Crippen molar-refractivity contribution in [1.29, 1.82) is 0 Å². The summed E-state index contributed by atoms with van der Waals surface area (Å²) >= 11 is 0. The molecule has 4 aromatic rings. The molecule has 35 heavy (non-hydrogen) atoms. The van der Waals surface area contributed by atoms with E-state index in [1.807, 2.05) is 22.8 Å². The Bertz CT molecular complexity index is 1420. The molecule has 4 rings (SSSR count). The van der Waals surface area contributed by atoms with Gasteiger partial charge >= 0.3 is 0 Å². The van der Waals surface area contributed by atoms with Gasteiger partial charge in [-0.2, -0.15) is 0 Å². The zero-order valence-corrected chi connectivity index (χ0v) is 19.4. The smallest absolute Gasteiger partial charge is 0.270 e. The Kier molecular flexibility index (Phi) is 7.05. The van der Waals surface area contributed by atoms with Crippen LogP contribution < -0.4 is 0 Å². The van der Waals surface area contributed by atoms with Crippen molar-refractivity contribution < 1.29 is 15.1 Å². The van der Waals surface area contributed by atoms with Crippen LogP contribution in [0.2, 0.25) is 0 Å². The Labute approximate surface area is 201 Å². The minimum atomic E-state index is -0.455. The maximum Gasteiger partial charge on any atom is 0.270 e. The van der Waals surface area contributed by atoms with E-state index in [9.17, 15) is 25.4 Å². The first-order valence-corrected chi connectivity index (χ1v) is 11.6. The van der Waals surface area contributed by atoms with E-state index < -0.39 is 9.85 Å². The lowest BCUT2D eigenvalue weighted by atomic mass is 10.0. The Morgan fingerprint density at radius 3 is 2.06 bits per heavy atom. The normalized spacial score (nSPS) is 11.9. The van der Waals surface area contributed by atoms with Crippen molar-refractivity contribution in [2.75, 3.05) is 0 Å². The lowest BCUT2D eigenvalue weighted by Crippen LogP contribution is -2.01. The SMILES string of the molecule is CCCCCCCC(=NO)c1ccc2c(c1)c1cc([N+](=O)[O-])ccc1n2-c1ccc([N+](=O)[O-])cc1. The highest BCUT2D eigenvalue weighted by atomic mass is 16.6. The van der Waals surface area contributed by atoms with E-state index in [-0.39, 0.29) is 11.4 Å². The van der Waals surface area contributed by atoms with Crippen LogP contribution in [0.1, 0.15) is 51.0 Å². The van der Waals surface area contributed by atoms with Gasteiger partial charge in [0.05, 0.1) is 26.6 Å². The summed E-state index contributed by atoms with van der Waals surface area (Å²) in [5.74, 6) is 0. The zero-order chi connectivity index (χ0) is 24.9. The van der Waals surface area contributed by atoms with Crippen LogP contribution in [0.15, 0.2) is 65.8 Å². The molecule has 0 bridgehead atoms. The number of nitro benzene ring substituents is 2. The minimum Gasteiger partial charge on any atom is -0.411 e. The summed E-state index contributed by atoms with van der Waals surface area (Å²) in [4.78, 5) is 21.7. The van der Waals surface area contributed by atoms with Gasteiger partial charge in [0.1, 0.15) is 0 Å². The molecule has 9 heteroatoms. The number of benzene rings is 3. The quantitative estimate of drug-likeness (QED) is 0.0860. The van der Waals surface area contributed by atoms with Gasteiger partial charge in [-0.05, 0) is 43.2 Å². The molecule has 0 fully saturated rings. The number of nitro groups is 2. The number of nitrogens with zero attached hydrogens (tertiary/aromatic N) is 4. The molecule has 0 atom stereocenters. The van der Waals surface area contributed by atoms with Crippen molar-refractivity contribution >= 4 is 38.9 Å². The van der Waals surface area contributed by atoms with E-state index >= 15 is 0 Å². The van der Waals surface area contributed by atoms with Gasteiger partial charge in [-0.3, -0.25) is 20.2 Å². The van der Waals surface area contributed by atoms with Crippen LogP contribution in [0.5, 0.6) is 0 Å².